The fourth-order valence-corrected chi connectivity index (χ4v) is 8.43. The van der Waals surface area contributed by atoms with Crippen LogP contribution in [-0.4, -0.2) is 68.0 Å². The van der Waals surface area contributed by atoms with Crippen molar-refractivity contribution < 1.29 is 27.5 Å². The largest absolute Gasteiger partial charge is 0.353 e. The summed E-state index contributed by atoms with van der Waals surface area (Å²) in [7, 11) is -3.85. The third-order valence-corrected chi connectivity index (χ3v) is 10.8. The van der Waals surface area contributed by atoms with Gasteiger partial charge in [0.05, 0.1) is 16.2 Å². The molecule has 0 bridgehead atoms. The Kier molecular flexibility index (Phi) is 8.40. The molecule has 0 aromatic heterocycles. The number of hydrogen-bond donors (Lipinski definition) is 1. The third-order valence-electron chi connectivity index (χ3n) is 8.31. The van der Waals surface area contributed by atoms with E-state index >= 15 is 0 Å². The first kappa shape index (κ1) is 27.8. The zero-order valence-electron chi connectivity index (χ0n) is 22.3. The van der Waals surface area contributed by atoms with Crippen molar-refractivity contribution in [2.45, 2.75) is 79.3 Å². The van der Waals surface area contributed by atoms with E-state index in [-0.39, 0.29) is 48.9 Å². The van der Waals surface area contributed by atoms with Crippen LogP contribution < -0.4 is 5.32 Å². The van der Waals surface area contributed by atoms with Gasteiger partial charge in [-0.25, -0.2) is 8.42 Å². The molecule has 2 amide bonds. The number of rotatable bonds is 9. The molecule has 39 heavy (non-hydrogen) atoms. The maximum absolute atomic E-state index is 14.1. The normalized spacial score (nSPS) is 27.4. The van der Waals surface area contributed by atoms with Gasteiger partial charge < -0.3 is 19.7 Å². The maximum atomic E-state index is 14.1. The summed E-state index contributed by atoms with van der Waals surface area (Å²) in [4.78, 5) is 29.3. The van der Waals surface area contributed by atoms with Gasteiger partial charge in [0.1, 0.15) is 5.54 Å². The monoisotopic (exact) mass is 554 g/mol. The number of piperidine rings is 1. The molecule has 1 aliphatic carbocycles. The standard InChI is InChI=1S/C30H38N2O6S/c33-27(24-12-4-1-5-13-24)31-30(28(34)32-18-9-3-10-19-32)22-29(23-30,17-21-38-26-16-8-11-20-37-26)39(35,36)25-14-6-2-7-15-25/h1-2,4-7,12-15,26H,3,8-11,16-23H2,(H,31,33). The van der Waals surface area contributed by atoms with Gasteiger partial charge >= 0.3 is 0 Å². The Hall–Kier alpha value is -2.75. The fourth-order valence-electron chi connectivity index (χ4n) is 6.19. The highest BCUT2D eigenvalue weighted by molar-refractivity contribution is 7.93. The minimum Gasteiger partial charge on any atom is -0.353 e. The van der Waals surface area contributed by atoms with Gasteiger partial charge in [0.2, 0.25) is 5.91 Å². The molecule has 2 aliphatic heterocycles. The molecular formula is C30H38N2O6S. The van der Waals surface area contributed by atoms with Gasteiger partial charge in [-0.1, -0.05) is 36.4 Å². The van der Waals surface area contributed by atoms with Gasteiger partial charge in [-0.2, -0.15) is 0 Å². The van der Waals surface area contributed by atoms with E-state index < -0.39 is 20.1 Å². The van der Waals surface area contributed by atoms with E-state index in [0.29, 0.717) is 25.3 Å². The summed E-state index contributed by atoms with van der Waals surface area (Å²) in [6.45, 7) is 2.05. The Morgan fingerprint density at radius 3 is 2.23 bits per heavy atom. The molecule has 1 N–H and O–H groups in total. The average Bonchev–Trinajstić information content (AvgIpc) is 2.97. The van der Waals surface area contributed by atoms with E-state index in [4.69, 9.17) is 9.47 Å². The lowest BCUT2D eigenvalue weighted by Gasteiger charge is -2.55. The highest BCUT2D eigenvalue weighted by Gasteiger charge is 2.66. The van der Waals surface area contributed by atoms with Crippen molar-refractivity contribution in [3.05, 3.63) is 66.2 Å². The molecule has 0 spiro atoms. The van der Waals surface area contributed by atoms with Crippen LogP contribution in [0.1, 0.15) is 68.1 Å². The molecule has 1 atom stereocenters. The van der Waals surface area contributed by atoms with E-state index in [1.807, 2.05) is 6.07 Å². The first-order valence-electron chi connectivity index (χ1n) is 14.1. The van der Waals surface area contributed by atoms with Gasteiger partial charge in [0.25, 0.3) is 5.91 Å². The van der Waals surface area contributed by atoms with E-state index in [2.05, 4.69) is 5.32 Å². The van der Waals surface area contributed by atoms with Crippen molar-refractivity contribution in [1.29, 1.82) is 0 Å². The Morgan fingerprint density at radius 2 is 1.59 bits per heavy atom. The number of ether oxygens (including phenoxy) is 2. The number of carbonyl (C=O) groups excluding carboxylic acids is 2. The second kappa shape index (κ2) is 11.8. The fraction of sp³-hybridized carbons (Fsp3) is 0.533. The molecule has 3 fully saturated rings. The van der Waals surface area contributed by atoms with Crippen LogP contribution in [0.3, 0.4) is 0 Å². The average molecular weight is 555 g/mol. The molecule has 8 nitrogen and oxygen atoms in total. The predicted octanol–water partition coefficient (Wildman–Crippen LogP) is 4.11. The highest BCUT2D eigenvalue weighted by Crippen LogP contribution is 2.52. The molecule has 1 saturated carbocycles. The van der Waals surface area contributed by atoms with E-state index in [1.54, 1.807) is 59.5 Å². The Balaban J connectivity index is 1.44. The summed E-state index contributed by atoms with van der Waals surface area (Å²) < 4.78 is 38.7. The highest BCUT2D eigenvalue weighted by atomic mass is 32.2. The van der Waals surface area contributed by atoms with Crippen LogP contribution in [0.4, 0.5) is 0 Å². The molecule has 2 aromatic carbocycles. The summed E-state index contributed by atoms with van der Waals surface area (Å²) >= 11 is 0. The molecule has 3 aliphatic rings. The summed E-state index contributed by atoms with van der Waals surface area (Å²) in [5.41, 5.74) is -0.863. The second-order valence-electron chi connectivity index (χ2n) is 11.0. The minimum atomic E-state index is -3.85. The smallest absolute Gasteiger partial charge is 0.252 e. The summed E-state index contributed by atoms with van der Waals surface area (Å²) in [5, 5.41) is 3.00. The Bertz CT molecular complexity index is 1230. The molecule has 0 radical (unpaired) electrons. The van der Waals surface area contributed by atoms with Crippen LogP contribution in [0.25, 0.3) is 0 Å². The van der Waals surface area contributed by atoms with Crippen molar-refractivity contribution in [1.82, 2.24) is 10.2 Å². The molecular weight excluding hydrogens is 516 g/mol. The lowest BCUT2D eigenvalue weighted by molar-refractivity contribution is -0.166. The summed E-state index contributed by atoms with van der Waals surface area (Å²) in [6, 6.07) is 17.1. The molecule has 9 heteroatoms. The number of amides is 2. The summed E-state index contributed by atoms with van der Waals surface area (Å²) in [6.07, 6.45) is 5.51. The van der Waals surface area contributed by atoms with E-state index in [1.165, 1.54) is 0 Å². The lowest BCUT2D eigenvalue weighted by Crippen LogP contribution is -2.74. The van der Waals surface area contributed by atoms with Crippen LogP contribution in [0.5, 0.6) is 0 Å². The lowest BCUT2D eigenvalue weighted by atomic mass is 9.65. The predicted molar refractivity (Wildman–Crippen MR) is 147 cm³/mol. The first-order valence-corrected chi connectivity index (χ1v) is 15.5. The first-order chi connectivity index (χ1) is 18.9. The Morgan fingerprint density at radius 1 is 0.923 bits per heavy atom. The van der Waals surface area contributed by atoms with Crippen molar-refractivity contribution in [3.63, 3.8) is 0 Å². The van der Waals surface area contributed by atoms with E-state index in [9.17, 15) is 18.0 Å². The minimum absolute atomic E-state index is 0.0000182. The van der Waals surface area contributed by atoms with Crippen molar-refractivity contribution in [2.24, 2.45) is 0 Å². The van der Waals surface area contributed by atoms with Gasteiger partial charge in [0, 0.05) is 25.3 Å². The van der Waals surface area contributed by atoms with Crippen LogP contribution in [0.15, 0.2) is 65.6 Å². The molecule has 2 saturated heterocycles. The number of carbonyl (C=O) groups is 2. The topological polar surface area (TPSA) is 102 Å². The SMILES string of the molecule is O=C(NC1(C(=O)N2CCCCC2)CC(CCOC2CCCCO2)(S(=O)(=O)c2ccccc2)C1)c1ccccc1. The van der Waals surface area contributed by atoms with Crippen LogP contribution in [0, 0.1) is 0 Å². The number of sulfone groups is 1. The third kappa shape index (κ3) is 5.76. The van der Waals surface area contributed by atoms with Crippen molar-refractivity contribution >= 4 is 21.7 Å². The van der Waals surface area contributed by atoms with Gasteiger partial charge in [0.15, 0.2) is 16.1 Å². The van der Waals surface area contributed by atoms with Gasteiger partial charge in [-0.05, 0) is 82.1 Å². The van der Waals surface area contributed by atoms with Gasteiger partial charge in [-0.3, -0.25) is 9.59 Å². The molecule has 1 unspecified atom stereocenters. The molecule has 2 aromatic rings. The second-order valence-corrected chi connectivity index (χ2v) is 13.4. The van der Waals surface area contributed by atoms with Crippen molar-refractivity contribution in [3.8, 4) is 0 Å². The molecule has 2 heterocycles. The number of nitrogens with zero attached hydrogens (tertiary/aromatic N) is 1. The van der Waals surface area contributed by atoms with E-state index in [0.717, 1.165) is 38.5 Å². The molecule has 210 valence electrons. The zero-order valence-corrected chi connectivity index (χ0v) is 23.2. The zero-order chi connectivity index (χ0) is 27.3. The van der Waals surface area contributed by atoms with Crippen LogP contribution >= 0.6 is 0 Å². The quantitative estimate of drug-likeness (QED) is 0.501. The number of benzene rings is 2. The van der Waals surface area contributed by atoms with Crippen molar-refractivity contribution in [2.75, 3.05) is 26.3 Å². The number of hydrogen-bond acceptors (Lipinski definition) is 6. The summed E-state index contributed by atoms with van der Waals surface area (Å²) in [5.74, 6) is -0.569. The maximum Gasteiger partial charge on any atom is 0.252 e. The number of nitrogens with one attached hydrogen (secondary N) is 1. The molecule has 5 rings (SSSR count). The van der Waals surface area contributed by atoms with Gasteiger partial charge in [-0.15, -0.1) is 0 Å². The van der Waals surface area contributed by atoms with Crippen LogP contribution in [-0.2, 0) is 24.1 Å². The van der Waals surface area contributed by atoms with Crippen LogP contribution in [0.2, 0.25) is 0 Å². The number of likely N-dealkylation sites (tertiary alicyclic amines) is 1. The Labute approximate surface area is 231 Å².